The summed E-state index contributed by atoms with van der Waals surface area (Å²) in [7, 11) is 5.94. The Morgan fingerprint density at radius 3 is 2.56 bits per heavy atom. The van der Waals surface area contributed by atoms with Crippen LogP contribution in [0.3, 0.4) is 0 Å². The number of hydrogen-bond donors (Lipinski definition) is 2. The summed E-state index contributed by atoms with van der Waals surface area (Å²) in [6.45, 7) is 1.78. The van der Waals surface area contributed by atoms with Gasteiger partial charge in [-0.2, -0.15) is 0 Å². The van der Waals surface area contributed by atoms with Gasteiger partial charge in [0.05, 0.1) is 17.4 Å². The molecule has 18 heavy (non-hydrogen) atoms. The van der Waals surface area contributed by atoms with Crippen molar-refractivity contribution < 1.29 is 4.79 Å². The van der Waals surface area contributed by atoms with Gasteiger partial charge in [0.25, 0.3) is 5.91 Å². The first-order valence-electron chi connectivity index (χ1n) is 5.83. The maximum absolute atomic E-state index is 11.4. The Morgan fingerprint density at radius 2 is 2.00 bits per heavy atom. The maximum atomic E-state index is 11.4. The lowest BCUT2D eigenvalue weighted by atomic mass is 10.2. The average molecular weight is 251 g/mol. The minimum absolute atomic E-state index is 0.363. The third-order valence-corrected chi connectivity index (χ3v) is 2.61. The molecular formula is C12H21N5O. The lowest BCUT2D eigenvalue weighted by Gasteiger charge is -2.21. The molecule has 1 aromatic heterocycles. The molecule has 6 nitrogen and oxygen atoms in total. The van der Waals surface area contributed by atoms with E-state index in [2.05, 4.69) is 9.88 Å². The molecule has 100 valence electrons. The van der Waals surface area contributed by atoms with Crippen LogP contribution >= 0.6 is 0 Å². The van der Waals surface area contributed by atoms with E-state index in [1.54, 1.807) is 6.07 Å². The van der Waals surface area contributed by atoms with E-state index >= 15 is 0 Å². The average Bonchev–Trinajstić information content (AvgIpc) is 2.28. The van der Waals surface area contributed by atoms with Gasteiger partial charge in [0.1, 0.15) is 5.82 Å². The molecule has 1 rings (SSSR count). The van der Waals surface area contributed by atoms with Gasteiger partial charge in [0.2, 0.25) is 0 Å². The fourth-order valence-electron chi connectivity index (χ4n) is 1.69. The van der Waals surface area contributed by atoms with Gasteiger partial charge in [-0.25, -0.2) is 4.98 Å². The molecule has 0 spiro atoms. The van der Waals surface area contributed by atoms with Crippen molar-refractivity contribution in [1.29, 1.82) is 0 Å². The highest BCUT2D eigenvalue weighted by Crippen LogP contribution is 2.18. The first-order valence-corrected chi connectivity index (χ1v) is 5.83. The molecule has 0 saturated heterocycles. The van der Waals surface area contributed by atoms with Crippen molar-refractivity contribution in [3.8, 4) is 0 Å². The Labute approximate surface area is 108 Å². The summed E-state index contributed by atoms with van der Waals surface area (Å²) in [5, 5.41) is 0. The number of nitrogen functional groups attached to an aromatic ring is 1. The second kappa shape index (κ2) is 6.20. The number of rotatable bonds is 6. The van der Waals surface area contributed by atoms with Crippen LogP contribution in [0.2, 0.25) is 0 Å². The van der Waals surface area contributed by atoms with Crippen LogP contribution in [-0.4, -0.2) is 50.0 Å². The third-order valence-electron chi connectivity index (χ3n) is 2.61. The number of hydrogen-bond acceptors (Lipinski definition) is 5. The van der Waals surface area contributed by atoms with E-state index in [0.717, 1.165) is 19.5 Å². The second-order valence-electron chi connectivity index (χ2n) is 4.58. The lowest BCUT2D eigenvalue weighted by molar-refractivity contribution is 0.100. The standard InChI is InChI=1S/C12H21N5O/c1-16(2)5-4-6-17(3)12-10(11(14)18)7-9(13)8-15-12/h7-8H,4-6,13H2,1-3H3,(H2,14,18). The first-order chi connectivity index (χ1) is 8.41. The number of carbonyl (C=O) groups excluding carboxylic acids is 1. The van der Waals surface area contributed by atoms with E-state index in [9.17, 15) is 4.79 Å². The molecule has 0 aliphatic carbocycles. The number of primary amides is 1. The van der Waals surface area contributed by atoms with Gasteiger partial charge < -0.3 is 21.3 Å². The molecule has 1 heterocycles. The van der Waals surface area contributed by atoms with E-state index in [1.807, 2.05) is 26.0 Å². The predicted octanol–water partition coefficient (Wildman–Crippen LogP) is 0.151. The van der Waals surface area contributed by atoms with Crippen LogP contribution in [0.1, 0.15) is 16.8 Å². The zero-order valence-electron chi connectivity index (χ0n) is 11.2. The van der Waals surface area contributed by atoms with Crippen molar-refractivity contribution in [2.75, 3.05) is 44.9 Å². The predicted molar refractivity (Wildman–Crippen MR) is 73.6 cm³/mol. The number of pyridine rings is 1. The van der Waals surface area contributed by atoms with Crippen LogP contribution in [0.5, 0.6) is 0 Å². The van der Waals surface area contributed by atoms with Crippen molar-refractivity contribution in [1.82, 2.24) is 9.88 Å². The van der Waals surface area contributed by atoms with Crippen molar-refractivity contribution >= 4 is 17.4 Å². The van der Waals surface area contributed by atoms with Crippen LogP contribution in [0, 0.1) is 0 Å². The van der Waals surface area contributed by atoms with Crippen LogP contribution in [0.4, 0.5) is 11.5 Å². The molecule has 0 aliphatic heterocycles. The molecule has 0 fully saturated rings. The molecule has 1 amide bonds. The molecule has 0 unspecified atom stereocenters. The summed E-state index contributed by atoms with van der Waals surface area (Å²) in [6.07, 6.45) is 2.51. The monoisotopic (exact) mass is 251 g/mol. The molecule has 6 heteroatoms. The minimum atomic E-state index is -0.510. The SMILES string of the molecule is CN(C)CCCN(C)c1ncc(N)cc1C(N)=O. The fraction of sp³-hybridized carbons (Fsp3) is 0.500. The summed E-state index contributed by atoms with van der Waals surface area (Å²) in [4.78, 5) is 19.6. The zero-order chi connectivity index (χ0) is 13.7. The molecule has 0 saturated carbocycles. The highest BCUT2D eigenvalue weighted by Gasteiger charge is 2.13. The van der Waals surface area contributed by atoms with E-state index in [-0.39, 0.29) is 0 Å². The number of anilines is 2. The Balaban J connectivity index is 2.78. The van der Waals surface area contributed by atoms with Crippen molar-refractivity contribution in [3.63, 3.8) is 0 Å². The van der Waals surface area contributed by atoms with Gasteiger partial charge >= 0.3 is 0 Å². The zero-order valence-corrected chi connectivity index (χ0v) is 11.2. The molecular weight excluding hydrogens is 230 g/mol. The molecule has 0 radical (unpaired) electrons. The van der Waals surface area contributed by atoms with Crippen LogP contribution < -0.4 is 16.4 Å². The number of amides is 1. The van der Waals surface area contributed by atoms with E-state index < -0.39 is 5.91 Å². The number of aromatic nitrogens is 1. The van der Waals surface area contributed by atoms with Gasteiger partial charge in [0, 0.05) is 13.6 Å². The highest BCUT2D eigenvalue weighted by atomic mass is 16.1. The van der Waals surface area contributed by atoms with Gasteiger partial charge in [-0.3, -0.25) is 4.79 Å². The van der Waals surface area contributed by atoms with Crippen molar-refractivity contribution in [3.05, 3.63) is 17.8 Å². The van der Waals surface area contributed by atoms with Crippen molar-refractivity contribution in [2.45, 2.75) is 6.42 Å². The largest absolute Gasteiger partial charge is 0.397 e. The number of nitrogens with two attached hydrogens (primary N) is 2. The number of nitrogens with zero attached hydrogens (tertiary/aromatic N) is 3. The highest BCUT2D eigenvalue weighted by molar-refractivity contribution is 5.98. The van der Waals surface area contributed by atoms with E-state index in [1.165, 1.54) is 6.20 Å². The Hall–Kier alpha value is -1.82. The fourth-order valence-corrected chi connectivity index (χ4v) is 1.69. The van der Waals surface area contributed by atoms with Gasteiger partial charge in [-0.05, 0) is 33.1 Å². The lowest BCUT2D eigenvalue weighted by Crippen LogP contribution is -2.27. The summed E-state index contributed by atoms with van der Waals surface area (Å²) < 4.78 is 0. The maximum Gasteiger partial charge on any atom is 0.252 e. The molecule has 1 aromatic rings. The molecule has 0 aromatic carbocycles. The Bertz CT molecular complexity index is 419. The summed E-state index contributed by atoms with van der Waals surface area (Å²) in [5.41, 5.74) is 11.7. The molecule has 4 N–H and O–H groups in total. The van der Waals surface area contributed by atoms with Gasteiger partial charge in [0.15, 0.2) is 0 Å². The number of carbonyl (C=O) groups is 1. The quantitative estimate of drug-likeness (QED) is 0.751. The van der Waals surface area contributed by atoms with Crippen LogP contribution in [0.15, 0.2) is 12.3 Å². The van der Waals surface area contributed by atoms with Crippen LogP contribution in [0.25, 0.3) is 0 Å². The minimum Gasteiger partial charge on any atom is -0.397 e. The summed E-state index contributed by atoms with van der Waals surface area (Å²) >= 11 is 0. The Morgan fingerprint density at radius 1 is 1.33 bits per heavy atom. The summed E-state index contributed by atoms with van der Waals surface area (Å²) in [6, 6.07) is 1.56. The third kappa shape index (κ3) is 3.89. The molecule has 0 bridgehead atoms. The Kier molecular flexibility index (Phi) is 4.91. The van der Waals surface area contributed by atoms with Crippen molar-refractivity contribution in [2.24, 2.45) is 5.73 Å². The van der Waals surface area contributed by atoms with Gasteiger partial charge in [-0.15, -0.1) is 0 Å². The molecule has 0 atom stereocenters. The smallest absolute Gasteiger partial charge is 0.252 e. The topological polar surface area (TPSA) is 88.5 Å². The summed E-state index contributed by atoms with van der Waals surface area (Å²) in [5.74, 6) is 0.0692. The van der Waals surface area contributed by atoms with Gasteiger partial charge in [-0.1, -0.05) is 0 Å². The second-order valence-corrected chi connectivity index (χ2v) is 4.58. The molecule has 0 aliphatic rings. The normalized spacial score (nSPS) is 10.7. The van der Waals surface area contributed by atoms with E-state index in [4.69, 9.17) is 11.5 Å². The van der Waals surface area contributed by atoms with E-state index in [0.29, 0.717) is 17.1 Å². The van der Waals surface area contributed by atoms with Crippen LogP contribution in [-0.2, 0) is 0 Å². The first kappa shape index (κ1) is 14.2.